The molecule has 2 rings (SSSR count). The van der Waals surface area contributed by atoms with Gasteiger partial charge in [-0.25, -0.2) is 12.8 Å². The van der Waals surface area contributed by atoms with E-state index in [4.69, 9.17) is 15.7 Å². The molecule has 20 heavy (non-hydrogen) atoms. The van der Waals surface area contributed by atoms with Gasteiger partial charge in [0.05, 0.1) is 24.1 Å². The first-order chi connectivity index (χ1) is 9.36. The first kappa shape index (κ1) is 14.7. The highest BCUT2D eigenvalue weighted by Gasteiger charge is 2.31. The van der Waals surface area contributed by atoms with Gasteiger partial charge in [-0.05, 0) is 19.1 Å². The minimum Gasteiger partial charge on any atom is -0.398 e. The van der Waals surface area contributed by atoms with Gasteiger partial charge in [-0.3, -0.25) is 0 Å². The van der Waals surface area contributed by atoms with Crippen LogP contribution in [0.15, 0.2) is 17.0 Å². The Kier molecular flexibility index (Phi) is 3.94. The van der Waals surface area contributed by atoms with Gasteiger partial charge in [-0.15, -0.1) is 0 Å². The summed E-state index contributed by atoms with van der Waals surface area (Å²) in [6.07, 6.45) is -0.814. The quantitative estimate of drug-likeness (QED) is 0.808. The third kappa shape index (κ3) is 2.60. The largest absolute Gasteiger partial charge is 0.398 e. The summed E-state index contributed by atoms with van der Waals surface area (Å²) in [4.78, 5) is -0.211. The van der Waals surface area contributed by atoms with Crippen molar-refractivity contribution >= 4 is 15.7 Å². The first-order valence-corrected chi connectivity index (χ1v) is 7.37. The molecule has 1 aliphatic rings. The Morgan fingerprint density at radius 3 is 2.85 bits per heavy atom. The highest BCUT2D eigenvalue weighted by atomic mass is 32.2. The summed E-state index contributed by atoms with van der Waals surface area (Å²) < 4.78 is 44.6. The Labute approximate surface area is 116 Å². The smallest absolute Gasteiger partial charge is 0.243 e. The van der Waals surface area contributed by atoms with E-state index >= 15 is 0 Å². The number of morpholine rings is 1. The van der Waals surface area contributed by atoms with Crippen molar-refractivity contribution in [3.63, 3.8) is 0 Å². The summed E-state index contributed by atoms with van der Waals surface area (Å²) >= 11 is 0. The average Bonchev–Trinajstić information content (AvgIpc) is 2.44. The second kappa shape index (κ2) is 5.36. The van der Waals surface area contributed by atoms with Crippen LogP contribution in [0.1, 0.15) is 5.56 Å². The van der Waals surface area contributed by atoms with Gasteiger partial charge in [0.15, 0.2) is 6.10 Å². The van der Waals surface area contributed by atoms with E-state index in [1.54, 1.807) is 0 Å². The van der Waals surface area contributed by atoms with Crippen LogP contribution in [-0.2, 0) is 14.8 Å². The lowest BCUT2D eigenvalue weighted by Gasteiger charge is -2.29. The monoisotopic (exact) mass is 299 g/mol. The van der Waals surface area contributed by atoms with Gasteiger partial charge in [0, 0.05) is 17.8 Å². The second-order valence-electron chi connectivity index (χ2n) is 4.47. The van der Waals surface area contributed by atoms with Crippen LogP contribution >= 0.6 is 0 Å². The number of nitriles is 1. The molecule has 0 aromatic heterocycles. The van der Waals surface area contributed by atoms with Crippen LogP contribution in [0.3, 0.4) is 0 Å². The number of rotatable bonds is 2. The third-order valence-electron chi connectivity index (χ3n) is 3.17. The SMILES string of the molecule is Cc1c(N)cc(S(=O)(=O)N2CCOC(C#N)C2)cc1F. The number of benzene rings is 1. The Balaban J connectivity index is 2.38. The number of nitrogens with two attached hydrogens (primary N) is 1. The molecule has 1 heterocycles. The van der Waals surface area contributed by atoms with Crippen LogP contribution < -0.4 is 5.73 Å². The Hall–Kier alpha value is -1.69. The van der Waals surface area contributed by atoms with E-state index in [1.807, 2.05) is 6.07 Å². The van der Waals surface area contributed by atoms with E-state index < -0.39 is 21.9 Å². The van der Waals surface area contributed by atoms with Crippen molar-refractivity contribution in [2.24, 2.45) is 0 Å². The standard InChI is InChI=1S/C12H14FN3O3S/c1-8-11(13)4-10(5-12(8)15)20(17,18)16-2-3-19-9(6-14)7-16/h4-5,9H,2-3,7,15H2,1H3. The van der Waals surface area contributed by atoms with E-state index in [-0.39, 0.29) is 35.8 Å². The zero-order valence-electron chi connectivity index (χ0n) is 10.8. The van der Waals surface area contributed by atoms with E-state index in [9.17, 15) is 12.8 Å². The molecule has 0 bridgehead atoms. The number of halogens is 1. The topological polar surface area (TPSA) is 96.4 Å². The predicted octanol–water partition coefficient (Wildman–Crippen LogP) is 0.629. The highest BCUT2D eigenvalue weighted by Crippen LogP contribution is 2.24. The van der Waals surface area contributed by atoms with Crippen molar-refractivity contribution in [2.45, 2.75) is 17.9 Å². The highest BCUT2D eigenvalue weighted by molar-refractivity contribution is 7.89. The lowest BCUT2D eigenvalue weighted by molar-refractivity contribution is 0.0311. The molecule has 1 unspecified atom stereocenters. The summed E-state index contributed by atoms with van der Waals surface area (Å²) in [5, 5.41) is 8.79. The molecular formula is C12H14FN3O3S. The number of nitrogens with zero attached hydrogens (tertiary/aromatic N) is 2. The van der Waals surface area contributed by atoms with Crippen molar-refractivity contribution in [1.29, 1.82) is 5.26 Å². The van der Waals surface area contributed by atoms with Gasteiger partial charge < -0.3 is 10.5 Å². The number of sulfonamides is 1. The number of anilines is 1. The van der Waals surface area contributed by atoms with Crippen molar-refractivity contribution < 1.29 is 17.5 Å². The first-order valence-electron chi connectivity index (χ1n) is 5.93. The fraction of sp³-hybridized carbons (Fsp3) is 0.417. The summed E-state index contributed by atoms with van der Waals surface area (Å²) in [5.41, 5.74) is 5.89. The van der Waals surface area contributed by atoms with Crippen molar-refractivity contribution in [3.8, 4) is 6.07 Å². The molecule has 1 aliphatic heterocycles. The lowest BCUT2D eigenvalue weighted by atomic mass is 10.2. The van der Waals surface area contributed by atoms with Gasteiger partial charge in [-0.1, -0.05) is 0 Å². The van der Waals surface area contributed by atoms with Crippen LogP contribution in [0.2, 0.25) is 0 Å². The lowest BCUT2D eigenvalue weighted by Crippen LogP contribution is -2.45. The van der Waals surface area contributed by atoms with Crippen LogP contribution in [0.25, 0.3) is 0 Å². The molecule has 1 fully saturated rings. The summed E-state index contributed by atoms with van der Waals surface area (Å²) in [5.74, 6) is -0.673. The van der Waals surface area contributed by atoms with E-state index in [1.165, 1.54) is 13.0 Å². The van der Waals surface area contributed by atoms with Gasteiger partial charge in [0.25, 0.3) is 0 Å². The molecule has 0 amide bonds. The van der Waals surface area contributed by atoms with Crippen molar-refractivity contribution in [3.05, 3.63) is 23.5 Å². The molecule has 0 radical (unpaired) electrons. The van der Waals surface area contributed by atoms with E-state index in [2.05, 4.69) is 0 Å². The minimum atomic E-state index is -3.88. The average molecular weight is 299 g/mol. The summed E-state index contributed by atoms with van der Waals surface area (Å²) in [7, 11) is -3.88. The maximum absolute atomic E-state index is 13.6. The van der Waals surface area contributed by atoms with E-state index in [0.717, 1.165) is 10.4 Å². The van der Waals surface area contributed by atoms with Crippen LogP contribution in [0, 0.1) is 24.1 Å². The molecular weight excluding hydrogens is 285 g/mol. The van der Waals surface area contributed by atoms with Gasteiger partial charge in [0.2, 0.25) is 10.0 Å². The Morgan fingerprint density at radius 1 is 1.55 bits per heavy atom. The number of hydrogen-bond donors (Lipinski definition) is 1. The van der Waals surface area contributed by atoms with Gasteiger partial charge in [0.1, 0.15) is 5.82 Å². The maximum atomic E-state index is 13.6. The summed E-state index contributed by atoms with van der Waals surface area (Å²) in [6, 6.07) is 4.03. The fourth-order valence-electron chi connectivity index (χ4n) is 1.89. The van der Waals surface area contributed by atoms with Crippen LogP contribution in [-0.4, -0.2) is 38.5 Å². The van der Waals surface area contributed by atoms with Crippen LogP contribution in [0.5, 0.6) is 0 Å². The molecule has 1 saturated heterocycles. The van der Waals surface area contributed by atoms with Crippen molar-refractivity contribution in [2.75, 3.05) is 25.4 Å². The zero-order valence-corrected chi connectivity index (χ0v) is 11.7. The Morgan fingerprint density at radius 2 is 2.25 bits per heavy atom. The number of ether oxygens (including phenoxy) is 1. The molecule has 6 nitrogen and oxygen atoms in total. The zero-order chi connectivity index (χ0) is 14.9. The Bertz CT molecular complexity index is 646. The van der Waals surface area contributed by atoms with Crippen LogP contribution in [0.4, 0.5) is 10.1 Å². The molecule has 1 aromatic carbocycles. The number of nitrogen functional groups attached to an aromatic ring is 1. The molecule has 0 spiro atoms. The fourth-order valence-corrected chi connectivity index (χ4v) is 3.37. The normalized spacial score (nSPS) is 20.6. The van der Waals surface area contributed by atoms with Crippen molar-refractivity contribution in [1.82, 2.24) is 4.31 Å². The molecule has 1 aromatic rings. The second-order valence-corrected chi connectivity index (χ2v) is 6.41. The molecule has 108 valence electrons. The third-order valence-corrected chi connectivity index (χ3v) is 5.01. The molecule has 2 N–H and O–H groups in total. The van der Waals surface area contributed by atoms with E-state index in [0.29, 0.717) is 0 Å². The number of hydrogen-bond acceptors (Lipinski definition) is 5. The molecule has 0 aliphatic carbocycles. The van der Waals surface area contributed by atoms with Gasteiger partial charge in [-0.2, -0.15) is 9.57 Å². The maximum Gasteiger partial charge on any atom is 0.243 e. The van der Waals surface area contributed by atoms with Gasteiger partial charge >= 0.3 is 0 Å². The molecule has 1 atom stereocenters. The predicted molar refractivity (Wildman–Crippen MR) is 69.7 cm³/mol. The molecule has 8 heteroatoms. The minimum absolute atomic E-state index is 0.0752. The summed E-state index contributed by atoms with van der Waals surface area (Å²) in [6.45, 7) is 1.65. The molecule has 0 saturated carbocycles.